The maximum atomic E-state index is 11.5. The highest BCUT2D eigenvalue weighted by Gasteiger charge is 2.14. The van der Waals surface area contributed by atoms with E-state index in [4.69, 9.17) is 5.73 Å². The van der Waals surface area contributed by atoms with Gasteiger partial charge >= 0.3 is 0 Å². The maximum Gasteiger partial charge on any atom is 0.251 e. The Morgan fingerprint density at radius 1 is 1.38 bits per heavy atom. The smallest absolute Gasteiger partial charge is 0.251 e. The lowest BCUT2D eigenvalue weighted by molar-refractivity contribution is 0.0956. The molecule has 1 amide bonds. The van der Waals surface area contributed by atoms with Crippen LogP contribution in [0.15, 0.2) is 18.2 Å². The van der Waals surface area contributed by atoms with E-state index in [-0.39, 0.29) is 5.91 Å². The number of hydrogen-bond donors (Lipinski definition) is 2. The average Bonchev–Trinajstić information content (AvgIpc) is 2.29. The van der Waals surface area contributed by atoms with E-state index in [0.29, 0.717) is 5.69 Å². The van der Waals surface area contributed by atoms with Gasteiger partial charge in [0, 0.05) is 17.8 Å². The number of nitrogens with one attached hydrogen (secondary N) is 1. The molecular weight excluding hydrogens is 164 g/mol. The largest absolute Gasteiger partial charge is 0.399 e. The number of nitrogens with two attached hydrogens (primary N) is 1. The zero-order valence-corrected chi connectivity index (χ0v) is 7.34. The Kier molecular flexibility index (Phi) is 1.93. The zero-order valence-electron chi connectivity index (χ0n) is 7.34. The molecule has 0 spiro atoms. The van der Waals surface area contributed by atoms with Crippen LogP contribution in [0, 0.1) is 0 Å². The SMILES string of the molecule is Nc1ccc2c(c1)C(=O)NCCC2. The molecule has 13 heavy (non-hydrogen) atoms. The lowest BCUT2D eigenvalue weighted by Crippen LogP contribution is -2.22. The molecule has 0 saturated carbocycles. The van der Waals surface area contributed by atoms with Crippen LogP contribution in [0.1, 0.15) is 22.3 Å². The minimum atomic E-state index is -0.000185. The summed E-state index contributed by atoms with van der Waals surface area (Å²) in [6, 6.07) is 5.53. The number of amides is 1. The van der Waals surface area contributed by atoms with E-state index in [1.54, 1.807) is 6.07 Å². The first kappa shape index (κ1) is 8.10. The number of anilines is 1. The molecule has 0 aromatic heterocycles. The molecule has 1 aromatic rings. The highest BCUT2D eigenvalue weighted by molar-refractivity contribution is 5.96. The summed E-state index contributed by atoms with van der Waals surface area (Å²) >= 11 is 0. The minimum Gasteiger partial charge on any atom is -0.399 e. The summed E-state index contributed by atoms with van der Waals surface area (Å²) < 4.78 is 0. The normalized spacial score (nSPS) is 15.8. The van der Waals surface area contributed by atoms with E-state index in [1.165, 1.54) is 0 Å². The average molecular weight is 176 g/mol. The molecule has 3 heteroatoms. The van der Waals surface area contributed by atoms with Gasteiger partial charge in [0.05, 0.1) is 0 Å². The zero-order chi connectivity index (χ0) is 9.26. The third kappa shape index (κ3) is 1.49. The summed E-state index contributed by atoms with van der Waals surface area (Å²) in [7, 11) is 0. The summed E-state index contributed by atoms with van der Waals surface area (Å²) in [6.45, 7) is 0.757. The van der Waals surface area contributed by atoms with Crippen molar-refractivity contribution in [3.05, 3.63) is 29.3 Å². The van der Waals surface area contributed by atoms with Crippen molar-refractivity contribution in [3.63, 3.8) is 0 Å². The fourth-order valence-electron chi connectivity index (χ4n) is 1.60. The molecule has 68 valence electrons. The van der Waals surface area contributed by atoms with Gasteiger partial charge in [-0.15, -0.1) is 0 Å². The fourth-order valence-corrected chi connectivity index (χ4v) is 1.60. The second-order valence-electron chi connectivity index (χ2n) is 3.28. The number of carbonyl (C=O) groups excluding carboxylic acids is 1. The Balaban J connectivity index is 2.49. The highest BCUT2D eigenvalue weighted by Crippen LogP contribution is 2.17. The number of carbonyl (C=O) groups is 1. The van der Waals surface area contributed by atoms with E-state index in [1.807, 2.05) is 12.1 Å². The Morgan fingerprint density at radius 2 is 2.23 bits per heavy atom. The van der Waals surface area contributed by atoms with Crippen LogP contribution in [0.3, 0.4) is 0 Å². The van der Waals surface area contributed by atoms with Crippen LogP contribution in [0.4, 0.5) is 5.69 Å². The first-order valence-electron chi connectivity index (χ1n) is 4.44. The monoisotopic (exact) mass is 176 g/mol. The summed E-state index contributed by atoms with van der Waals surface area (Å²) in [4.78, 5) is 11.5. The Hall–Kier alpha value is -1.51. The van der Waals surface area contributed by atoms with Gasteiger partial charge in [-0.1, -0.05) is 6.07 Å². The van der Waals surface area contributed by atoms with Crippen LogP contribution in [-0.2, 0) is 6.42 Å². The van der Waals surface area contributed by atoms with Crippen LogP contribution in [0.2, 0.25) is 0 Å². The third-order valence-corrected chi connectivity index (χ3v) is 2.29. The summed E-state index contributed by atoms with van der Waals surface area (Å²) in [5, 5.41) is 2.83. The van der Waals surface area contributed by atoms with Gasteiger partial charge in [0.1, 0.15) is 0 Å². The van der Waals surface area contributed by atoms with Gasteiger partial charge in [0.25, 0.3) is 5.91 Å². The van der Waals surface area contributed by atoms with E-state index >= 15 is 0 Å². The van der Waals surface area contributed by atoms with Crippen molar-refractivity contribution in [2.24, 2.45) is 0 Å². The number of benzene rings is 1. The van der Waals surface area contributed by atoms with Crippen LogP contribution < -0.4 is 11.1 Å². The Bertz CT molecular complexity index is 347. The standard InChI is InChI=1S/C10H12N2O/c11-8-4-3-7-2-1-5-12-10(13)9(7)6-8/h3-4,6H,1-2,5,11H2,(H,12,13). The molecule has 0 fully saturated rings. The van der Waals surface area contributed by atoms with Gasteiger partial charge in [-0.25, -0.2) is 0 Å². The van der Waals surface area contributed by atoms with Crippen molar-refractivity contribution in [2.45, 2.75) is 12.8 Å². The van der Waals surface area contributed by atoms with Gasteiger partial charge in [0.2, 0.25) is 0 Å². The number of aryl methyl sites for hydroxylation is 1. The van der Waals surface area contributed by atoms with Crippen molar-refractivity contribution >= 4 is 11.6 Å². The van der Waals surface area contributed by atoms with Gasteiger partial charge in [-0.05, 0) is 30.5 Å². The third-order valence-electron chi connectivity index (χ3n) is 2.29. The molecule has 0 radical (unpaired) electrons. The summed E-state index contributed by atoms with van der Waals surface area (Å²) in [5.41, 5.74) is 8.10. The van der Waals surface area contributed by atoms with E-state index in [2.05, 4.69) is 5.32 Å². The molecule has 1 aliphatic rings. The van der Waals surface area contributed by atoms with Crippen LogP contribution >= 0.6 is 0 Å². The first-order valence-corrected chi connectivity index (χ1v) is 4.44. The molecule has 3 N–H and O–H groups in total. The summed E-state index contributed by atoms with van der Waals surface area (Å²) in [6.07, 6.45) is 1.96. The molecule has 0 atom stereocenters. The van der Waals surface area contributed by atoms with E-state index in [0.717, 1.165) is 30.5 Å². The predicted molar refractivity (Wildman–Crippen MR) is 51.5 cm³/mol. The van der Waals surface area contributed by atoms with Crippen molar-refractivity contribution in [1.82, 2.24) is 5.32 Å². The lowest BCUT2D eigenvalue weighted by Gasteiger charge is -2.04. The van der Waals surface area contributed by atoms with Crippen LogP contribution in [-0.4, -0.2) is 12.5 Å². The molecule has 3 nitrogen and oxygen atoms in total. The lowest BCUT2D eigenvalue weighted by atomic mass is 10.0. The van der Waals surface area contributed by atoms with Gasteiger partial charge in [-0.3, -0.25) is 4.79 Å². The molecule has 1 aliphatic heterocycles. The topological polar surface area (TPSA) is 55.1 Å². The van der Waals surface area contributed by atoms with E-state index < -0.39 is 0 Å². The van der Waals surface area contributed by atoms with Crippen molar-refractivity contribution in [2.75, 3.05) is 12.3 Å². The molecular formula is C10H12N2O. The van der Waals surface area contributed by atoms with Crippen LogP contribution in [0.25, 0.3) is 0 Å². The number of hydrogen-bond acceptors (Lipinski definition) is 2. The Morgan fingerprint density at radius 3 is 3.08 bits per heavy atom. The Labute approximate surface area is 76.9 Å². The number of nitrogen functional groups attached to an aromatic ring is 1. The van der Waals surface area contributed by atoms with Gasteiger partial charge in [-0.2, -0.15) is 0 Å². The van der Waals surface area contributed by atoms with Crippen molar-refractivity contribution < 1.29 is 4.79 Å². The molecule has 0 bridgehead atoms. The molecule has 0 saturated heterocycles. The molecule has 0 aliphatic carbocycles. The van der Waals surface area contributed by atoms with Crippen LogP contribution in [0.5, 0.6) is 0 Å². The molecule has 1 aromatic carbocycles. The fraction of sp³-hybridized carbons (Fsp3) is 0.300. The van der Waals surface area contributed by atoms with Gasteiger partial charge < -0.3 is 11.1 Å². The molecule has 0 unspecified atom stereocenters. The maximum absolute atomic E-state index is 11.5. The number of rotatable bonds is 0. The second-order valence-corrected chi connectivity index (χ2v) is 3.28. The van der Waals surface area contributed by atoms with E-state index in [9.17, 15) is 4.79 Å². The highest BCUT2D eigenvalue weighted by atomic mass is 16.1. The predicted octanol–water partition coefficient (Wildman–Crippen LogP) is 0.945. The first-order chi connectivity index (χ1) is 6.27. The minimum absolute atomic E-state index is 0.000185. The molecule has 1 heterocycles. The number of fused-ring (bicyclic) bond motifs is 1. The molecule has 2 rings (SSSR count). The second kappa shape index (κ2) is 3.09. The quantitative estimate of drug-likeness (QED) is 0.578. The van der Waals surface area contributed by atoms with Crippen molar-refractivity contribution in [3.8, 4) is 0 Å². The van der Waals surface area contributed by atoms with Gasteiger partial charge in [0.15, 0.2) is 0 Å². The van der Waals surface area contributed by atoms with Crippen molar-refractivity contribution in [1.29, 1.82) is 0 Å². The summed E-state index contributed by atoms with van der Waals surface area (Å²) in [5.74, 6) is -0.000185.